The van der Waals surface area contributed by atoms with Gasteiger partial charge in [-0.2, -0.15) is 0 Å². The molecule has 3 aromatic rings. The van der Waals surface area contributed by atoms with Crippen molar-refractivity contribution in [2.75, 3.05) is 18.4 Å². The number of benzene rings is 3. The van der Waals surface area contributed by atoms with Gasteiger partial charge >= 0.3 is 17.9 Å². The van der Waals surface area contributed by atoms with Crippen molar-refractivity contribution in [3.8, 4) is 0 Å². The molecule has 3 amide bonds. The largest absolute Gasteiger partial charge is 0.444 e. The summed E-state index contributed by atoms with van der Waals surface area (Å²) in [6.45, 7) is 6.27. The molecule has 2 N–H and O–H groups in total. The number of ether oxygens (including phenoxy) is 1. The van der Waals surface area contributed by atoms with Gasteiger partial charge in [-0.25, -0.2) is 9.18 Å². The van der Waals surface area contributed by atoms with Crippen LogP contribution in [0.3, 0.4) is 0 Å². The molecule has 0 spiro atoms. The third-order valence-electron chi connectivity index (χ3n) is 7.02. The van der Waals surface area contributed by atoms with Gasteiger partial charge in [-0.05, 0) is 99.0 Å². The molecule has 3 aromatic carbocycles. The van der Waals surface area contributed by atoms with Crippen LogP contribution < -0.4 is 10.6 Å². The first kappa shape index (κ1) is 31.3. The number of piperidine rings is 1. The number of nitrogens with one attached hydrogen (secondary N) is 2. The van der Waals surface area contributed by atoms with Gasteiger partial charge in [-0.3, -0.25) is 14.9 Å². The summed E-state index contributed by atoms with van der Waals surface area (Å²) in [6.07, 6.45) is 1.17. The van der Waals surface area contributed by atoms with E-state index in [0.29, 0.717) is 53.6 Å². The van der Waals surface area contributed by atoms with Crippen LogP contribution in [0.25, 0.3) is 0 Å². The molecule has 222 valence electrons. The predicted molar refractivity (Wildman–Crippen MR) is 162 cm³/mol. The maximum absolute atomic E-state index is 13.6. The Bertz CT molecular complexity index is 1420. The minimum absolute atomic E-state index is 0.215. The van der Waals surface area contributed by atoms with E-state index >= 15 is 0 Å². The number of carbonyl (C=O) groups is 3. The Morgan fingerprint density at radius 1 is 0.976 bits per heavy atom. The highest BCUT2D eigenvalue weighted by Crippen LogP contribution is 2.30. The van der Waals surface area contributed by atoms with Gasteiger partial charge < -0.3 is 15.0 Å². The van der Waals surface area contributed by atoms with E-state index in [0.717, 1.165) is 11.1 Å². The number of hydrogen-bond acceptors (Lipinski definition) is 4. The fourth-order valence-corrected chi connectivity index (χ4v) is 5.38. The van der Waals surface area contributed by atoms with Crippen molar-refractivity contribution in [3.63, 3.8) is 0 Å². The molecule has 0 bridgehead atoms. The minimum atomic E-state index is -0.731. The summed E-state index contributed by atoms with van der Waals surface area (Å²) in [5, 5.41) is 6.47. The molecule has 0 radical (unpaired) electrons. The zero-order valence-electron chi connectivity index (χ0n) is 23.8. The summed E-state index contributed by atoms with van der Waals surface area (Å²) >= 11 is 12.4. The second-order valence-electron chi connectivity index (χ2n) is 11.3. The Labute approximate surface area is 255 Å². The molecule has 0 saturated carbocycles. The number of rotatable bonds is 6. The Kier molecular flexibility index (Phi) is 10.1. The first-order valence-electron chi connectivity index (χ1n) is 13.8. The fourth-order valence-electron chi connectivity index (χ4n) is 4.89. The zero-order valence-corrected chi connectivity index (χ0v) is 25.3. The molecule has 4 rings (SSSR count). The molecule has 10 heteroatoms. The molecule has 1 fully saturated rings. The van der Waals surface area contributed by atoms with E-state index in [-0.39, 0.29) is 5.92 Å². The van der Waals surface area contributed by atoms with Crippen molar-refractivity contribution >= 4 is 46.8 Å². The van der Waals surface area contributed by atoms with Crippen LogP contribution in [0.2, 0.25) is 10.0 Å². The van der Waals surface area contributed by atoms with Gasteiger partial charge in [0.05, 0.1) is 6.04 Å². The maximum Gasteiger partial charge on any atom is 0.412 e. The third kappa shape index (κ3) is 8.69. The smallest absolute Gasteiger partial charge is 0.412 e. The second-order valence-corrected chi connectivity index (χ2v) is 12.2. The Morgan fingerprint density at radius 3 is 2.21 bits per heavy atom. The standard InChI is InChI=1S/C32H34Cl2FN3O4/c1-32(2,3)42-31(41)36-26-12-7-20(8-13-26)21-14-16-38(17-15-21)30(40)29(39)37-28(22-5-10-25(35)11-6-22)18-23-4-9-24(33)19-27(23)34/h4-13,19,21,28H,14-18H2,1-3H3,(H,36,41)(H,37,39). The van der Waals surface area contributed by atoms with Crippen LogP contribution in [-0.4, -0.2) is 41.5 Å². The van der Waals surface area contributed by atoms with Crippen LogP contribution in [0.5, 0.6) is 0 Å². The quantitative estimate of drug-likeness (QED) is 0.286. The SMILES string of the molecule is CC(C)(C)OC(=O)Nc1ccc(C2CCN(C(=O)C(=O)NC(Cc3ccc(Cl)cc3Cl)c3ccc(F)cc3)CC2)cc1. The number of nitrogens with zero attached hydrogens (tertiary/aromatic N) is 1. The molecule has 7 nitrogen and oxygen atoms in total. The molecule has 1 heterocycles. The lowest BCUT2D eigenvalue weighted by Crippen LogP contribution is -2.47. The van der Waals surface area contributed by atoms with Crippen molar-refractivity contribution in [3.05, 3.63) is 99.3 Å². The van der Waals surface area contributed by atoms with Crippen molar-refractivity contribution in [2.45, 2.75) is 57.6 Å². The maximum atomic E-state index is 13.6. The van der Waals surface area contributed by atoms with E-state index < -0.39 is 35.4 Å². The summed E-state index contributed by atoms with van der Waals surface area (Å²) in [5.41, 5.74) is 2.52. The lowest BCUT2D eigenvalue weighted by molar-refractivity contribution is -0.147. The molecule has 42 heavy (non-hydrogen) atoms. The van der Waals surface area contributed by atoms with E-state index in [4.69, 9.17) is 27.9 Å². The summed E-state index contributed by atoms with van der Waals surface area (Å²) in [6, 6.07) is 17.8. The van der Waals surface area contributed by atoms with Gasteiger partial charge in [0.15, 0.2) is 0 Å². The van der Waals surface area contributed by atoms with E-state index in [1.165, 1.54) is 12.1 Å². The van der Waals surface area contributed by atoms with Crippen LogP contribution in [0.4, 0.5) is 14.9 Å². The van der Waals surface area contributed by atoms with Crippen molar-refractivity contribution in [1.29, 1.82) is 0 Å². The van der Waals surface area contributed by atoms with E-state index in [9.17, 15) is 18.8 Å². The van der Waals surface area contributed by atoms with Crippen LogP contribution in [0.1, 0.15) is 62.3 Å². The monoisotopic (exact) mass is 613 g/mol. The van der Waals surface area contributed by atoms with E-state index in [1.54, 1.807) is 56.0 Å². The number of amides is 3. The summed E-state index contributed by atoms with van der Waals surface area (Å²) in [7, 11) is 0. The molecular weight excluding hydrogens is 580 g/mol. The number of anilines is 1. The Hall–Kier alpha value is -3.62. The summed E-state index contributed by atoms with van der Waals surface area (Å²) < 4.78 is 18.9. The molecule has 0 aromatic heterocycles. The van der Waals surface area contributed by atoms with E-state index in [2.05, 4.69) is 10.6 Å². The Morgan fingerprint density at radius 2 is 1.62 bits per heavy atom. The average Bonchev–Trinajstić information content (AvgIpc) is 2.93. The molecule has 1 aliphatic heterocycles. The summed E-state index contributed by atoms with van der Waals surface area (Å²) in [5.74, 6) is -1.53. The number of hydrogen-bond donors (Lipinski definition) is 2. The number of likely N-dealkylation sites (tertiary alicyclic amines) is 1. The van der Waals surface area contributed by atoms with Gasteiger partial charge in [-0.1, -0.05) is 53.5 Å². The summed E-state index contributed by atoms with van der Waals surface area (Å²) in [4.78, 5) is 39.8. The van der Waals surface area contributed by atoms with E-state index in [1.807, 2.05) is 24.3 Å². The lowest BCUT2D eigenvalue weighted by atomic mass is 9.89. The van der Waals surface area contributed by atoms with Gasteiger partial charge in [0.1, 0.15) is 11.4 Å². The Balaban J connectivity index is 1.35. The number of carbonyl (C=O) groups excluding carboxylic acids is 3. The van der Waals surface area contributed by atoms with Crippen LogP contribution in [-0.2, 0) is 20.7 Å². The van der Waals surface area contributed by atoms with Gasteiger partial charge in [0.25, 0.3) is 0 Å². The molecule has 1 saturated heterocycles. The van der Waals surface area contributed by atoms with Crippen molar-refractivity contribution < 1.29 is 23.5 Å². The molecule has 1 unspecified atom stereocenters. The normalized spacial score (nSPS) is 14.7. The highest BCUT2D eigenvalue weighted by molar-refractivity contribution is 6.35. The minimum Gasteiger partial charge on any atom is -0.444 e. The second kappa shape index (κ2) is 13.6. The highest BCUT2D eigenvalue weighted by Gasteiger charge is 2.29. The van der Waals surface area contributed by atoms with Gasteiger partial charge in [0, 0.05) is 28.8 Å². The topological polar surface area (TPSA) is 87.7 Å². The molecule has 1 aliphatic rings. The van der Waals surface area contributed by atoms with Crippen LogP contribution in [0.15, 0.2) is 66.7 Å². The highest BCUT2D eigenvalue weighted by atomic mass is 35.5. The van der Waals surface area contributed by atoms with Crippen LogP contribution in [0, 0.1) is 5.82 Å². The number of halogens is 3. The van der Waals surface area contributed by atoms with Crippen molar-refractivity contribution in [1.82, 2.24) is 10.2 Å². The average molecular weight is 615 g/mol. The van der Waals surface area contributed by atoms with Crippen molar-refractivity contribution in [2.24, 2.45) is 0 Å². The predicted octanol–water partition coefficient (Wildman–Crippen LogP) is 7.29. The third-order valence-corrected chi connectivity index (χ3v) is 7.61. The van der Waals surface area contributed by atoms with Crippen LogP contribution >= 0.6 is 23.2 Å². The molecule has 1 atom stereocenters. The first-order valence-corrected chi connectivity index (χ1v) is 14.5. The molecular formula is C32H34Cl2FN3O4. The zero-order chi connectivity index (χ0) is 30.4. The first-order chi connectivity index (χ1) is 19.9. The lowest BCUT2D eigenvalue weighted by Gasteiger charge is -2.32. The fraction of sp³-hybridized carbons (Fsp3) is 0.344. The van der Waals surface area contributed by atoms with Gasteiger partial charge in [0.2, 0.25) is 0 Å². The molecule has 0 aliphatic carbocycles. The van der Waals surface area contributed by atoms with Gasteiger partial charge in [-0.15, -0.1) is 0 Å².